The minimum Gasteiger partial charge on any atom is -0.443 e. The highest BCUT2D eigenvalue weighted by atomic mass is 16.6. The van der Waals surface area contributed by atoms with Gasteiger partial charge in [0.15, 0.2) is 0 Å². The SMILES string of the molecule is C/C(=N/NC(=O)OC(C)(C)C)c1ccc(-n2ccnc2)cc1. The highest BCUT2D eigenvalue weighted by Crippen LogP contribution is 2.10. The first kappa shape index (κ1) is 15.8. The van der Waals surface area contributed by atoms with Crippen molar-refractivity contribution in [2.75, 3.05) is 0 Å². The lowest BCUT2D eigenvalue weighted by molar-refractivity contribution is 0.0529. The van der Waals surface area contributed by atoms with Gasteiger partial charge in [0, 0.05) is 18.1 Å². The summed E-state index contributed by atoms with van der Waals surface area (Å²) >= 11 is 0. The number of hydrazone groups is 1. The van der Waals surface area contributed by atoms with E-state index in [9.17, 15) is 4.79 Å². The predicted octanol–water partition coefficient (Wildman–Crippen LogP) is 3.12. The van der Waals surface area contributed by atoms with E-state index in [4.69, 9.17) is 4.74 Å². The quantitative estimate of drug-likeness (QED) is 0.699. The van der Waals surface area contributed by atoms with Crippen LogP contribution in [0.4, 0.5) is 4.79 Å². The normalized spacial score (nSPS) is 12.1. The van der Waals surface area contributed by atoms with Gasteiger partial charge >= 0.3 is 6.09 Å². The van der Waals surface area contributed by atoms with Crippen molar-refractivity contribution in [3.05, 3.63) is 48.5 Å². The molecule has 0 spiro atoms. The van der Waals surface area contributed by atoms with Crippen molar-refractivity contribution in [3.8, 4) is 5.69 Å². The van der Waals surface area contributed by atoms with E-state index in [0.29, 0.717) is 5.71 Å². The minimum absolute atomic E-state index is 0.542. The van der Waals surface area contributed by atoms with Crippen molar-refractivity contribution >= 4 is 11.8 Å². The van der Waals surface area contributed by atoms with Gasteiger partial charge in [-0.05, 0) is 45.4 Å². The van der Waals surface area contributed by atoms with Crippen LogP contribution in [0, 0.1) is 0 Å². The van der Waals surface area contributed by atoms with Gasteiger partial charge in [-0.15, -0.1) is 0 Å². The summed E-state index contributed by atoms with van der Waals surface area (Å²) in [5.74, 6) is 0. The van der Waals surface area contributed by atoms with E-state index in [-0.39, 0.29) is 0 Å². The number of carbonyl (C=O) groups excluding carboxylic acids is 1. The van der Waals surface area contributed by atoms with Gasteiger partial charge in [0.1, 0.15) is 5.60 Å². The second-order valence-electron chi connectivity index (χ2n) is 5.83. The van der Waals surface area contributed by atoms with Gasteiger partial charge in [-0.25, -0.2) is 15.2 Å². The van der Waals surface area contributed by atoms with Crippen LogP contribution in [0.1, 0.15) is 33.3 Å². The number of carbonyl (C=O) groups is 1. The molecule has 0 saturated heterocycles. The summed E-state index contributed by atoms with van der Waals surface area (Å²) in [5.41, 5.74) is 4.47. The molecule has 0 aliphatic heterocycles. The number of nitrogens with zero attached hydrogens (tertiary/aromatic N) is 3. The summed E-state index contributed by atoms with van der Waals surface area (Å²) in [6.45, 7) is 7.23. The second kappa shape index (κ2) is 6.43. The molecule has 1 amide bonds. The van der Waals surface area contributed by atoms with Gasteiger partial charge in [0.25, 0.3) is 0 Å². The molecule has 0 aliphatic carbocycles. The molecule has 22 heavy (non-hydrogen) atoms. The third-order valence-electron chi connectivity index (χ3n) is 2.80. The molecule has 1 aromatic carbocycles. The Balaban J connectivity index is 2.02. The molecule has 1 aromatic heterocycles. The lowest BCUT2D eigenvalue weighted by atomic mass is 10.1. The van der Waals surface area contributed by atoms with Crippen LogP contribution in [-0.4, -0.2) is 27.0 Å². The van der Waals surface area contributed by atoms with E-state index < -0.39 is 11.7 Å². The van der Waals surface area contributed by atoms with Gasteiger partial charge in [-0.2, -0.15) is 5.10 Å². The lowest BCUT2D eigenvalue weighted by Gasteiger charge is -2.18. The zero-order chi connectivity index (χ0) is 16.2. The van der Waals surface area contributed by atoms with Crippen molar-refractivity contribution in [1.29, 1.82) is 0 Å². The Morgan fingerprint density at radius 1 is 1.27 bits per heavy atom. The third-order valence-corrected chi connectivity index (χ3v) is 2.80. The summed E-state index contributed by atoms with van der Waals surface area (Å²) in [7, 11) is 0. The summed E-state index contributed by atoms with van der Waals surface area (Å²) in [6, 6.07) is 7.79. The van der Waals surface area contributed by atoms with Gasteiger partial charge in [0.2, 0.25) is 0 Å². The summed E-state index contributed by atoms with van der Waals surface area (Å²) < 4.78 is 7.04. The summed E-state index contributed by atoms with van der Waals surface area (Å²) in [4.78, 5) is 15.6. The maximum absolute atomic E-state index is 11.6. The van der Waals surface area contributed by atoms with E-state index >= 15 is 0 Å². The van der Waals surface area contributed by atoms with E-state index in [1.807, 2.05) is 42.0 Å². The van der Waals surface area contributed by atoms with Crippen molar-refractivity contribution in [1.82, 2.24) is 15.0 Å². The van der Waals surface area contributed by atoms with Gasteiger partial charge < -0.3 is 9.30 Å². The Bertz CT molecular complexity index is 652. The van der Waals surface area contributed by atoms with Crippen LogP contribution < -0.4 is 5.43 Å². The fraction of sp³-hybridized carbons (Fsp3) is 0.312. The number of rotatable bonds is 3. The number of benzene rings is 1. The maximum Gasteiger partial charge on any atom is 0.428 e. The zero-order valence-corrected chi connectivity index (χ0v) is 13.2. The summed E-state index contributed by atoms with van der Waals surface area (Å²) in [6.07, 6.45) is 4.77. The number of hydrogen-bond acceptors (Lipinski definition) is 4. The molecule has 116 valence electrons. The first-order chi connectivity index (χ1) is 10.3. The molecule has 0 atom stereocenters. The average molecular weight is 300 g/mol. The molecule has 1 heterocycles. The number of aromatic nitrogens is 2. The molecule has 1 N–H and O–H groups in total. The molecule has 0 bridgehead atoms. The van der Waals surface area contributed by atoms with E-state index in [2.05, 4.69) is 15.5 Å². The van der Waals surface area contributed by atoms with Crippen LogP contribution in [0.2, 0.25) is 0 Å². The molecular weight excluding hydrogens is 280 g/mol. The van der Waals surface area contributed by atoms with Crippen LogP contribution >= 0.6 is 0 Å². The predicted molar refractivity (Wildman–Crippen MR) is 85.1 cm³/mol. The Morgan fingerprint density at radius 3 is 2.50 bits per heavy atom. The monoisotopic (exact) mass is 300 g/mol. The number of amides is 1. The van der Waals surface area contributed by atoms with Crippen LogP contribution in [0.25, 0.3) is 5.69 Å². The standard InChI is InChI=1S/C16H20N4O2/c1-12(18-19-15(21)22-16(2,3)4)13-5-7-14(8-6-13)20-10-9-17-11-20/h5-11H,1-4H3,(H,19,21)/b18-12-. The van der Waals surface area contributed by atoms with Crippen LogP contribution in [0.5, 0.6) is 0 Å². The fourth-order valence-electron chi connectivity index (χ4n) is 1.78. The van der Waals surface area contributed by atoms with Gasteiger partial charge in [-0.1, -0.05) is 12.1 Å². The Labute approximate surface area is 129 Å². The minimum atomic E-state index is -0.568. The van der Waals surface area contributed by atoms with Crippen molar-refractivity contribution < 1.29 is 9.53 Å². The first-order valence-electron chi connectivity index (χ1n) is 6.97. The fourth-order valence-corrected chi connectivity index (χ4v) is 1.78. The lowest BCUT2D eigenvalue weighted by Crippen LogP contribution is -2.30. The van der Waals surface area contributed by atoms with E-state index in [1.54, 1.807) is 33.3 Å². The second-order valence-corrected chi connectivity index (χ2v) is 5.83. The van der Waals surface area contributed by atoms with Crippen LogP contribution in [-0.2, 0) is 4.74 Å². The maximum atomic E-state index is 11.6. The largest absolute Gasteiger partial charge is 0.443 e. The van der Waals surface area contributed by atoms with Crippen molar-refractivity contribution in [3.63, 3.8) is 0 Å². The van der Waals surface area contributed by atoms with Crippen LogP contribution in [0.3, 0.4) is 0 Å². The topological polar surface area (TPSA) is 68.5 Å². The smallest absolute Gasteiger partial charge is 0.428 e. The molecule has 0 saturated carbocycles. The molecule has 0 unspecified atom stereocenters. The Morgan fingerprint density at radius 2 is 1.95 bits per heavy atom. The Kier molecular flexibility index (Phi) is 4.60. The van der Waals surface area contributed by atoms with E-state index in [0.717, 1.165) is 11.3 Å². The highest BCUT2D eigenvalue weighted by Gasteiger charge is 2.15. The van der Waals surface area contributed by atoms with Crippen LogP contribution in [0.15, 0.2) is 48.1 Å². The number of hydrogen-bond donors (Lipinski definition) is 1. The molecule has 2 aromatic rings. The summed E-state index contributed by atoms with van der Waals surface area (Å²) in [5, 5.41) is 4.04. The molecule has 6 nitrogen and oxygen atoms in total. The zero-order valence-electron chi connectivity index (χ0n) is 13.2. The molecule has 6 heteroatoms. The van der Waals surface area contributed by atoms with E-state index in [1.165, 1.54) is 0 Å². The third kappa shape index (κ3) is 4.44. The first-order valence-corrected chi connectivity index (χ1v) is 6.97. The highest BCUT2D eigenvalue weighted by molar-refractivity contribution is 5.99. The van der Waals surface area contributed by atoms with Gasteiger partial charge in [0.05, 0.1) is 12.0 Å². The molecule has 0 aliphatic rings. The van der Waals surface area contributed by atoms with Crippen molar-refractivity contribution in [2.24, 2.45) is 5.10 Å². The molecule has 0 radical (unpaired) electrons. The molecule has 2 rings (SSSR count). The number of ether oxygens (including phenoxy) is 1. The van der Waals surface area contributed by atoms with Gasteiger partial charge in [-0.3, -0.25) is 0 Å². The average Bonchev–Trinajstić information content (AvgIpc) is 2.97. The number of nitrogens with one attached hydrogen (secondary N) is 1. The molecular formula is C16H20N4O2. The Hall–Kier alpha value is -2.63. The molecule has 0 fully saturated rings. The number of imidazole rings is 1. The van der Waals surface area contributed by atoms with Crippen molar-refractivity contribution in [2.45, 2.75) is 33.3 Å².